The maximum absolute atomic E-state index is 10.6. The van der Waals surface area contributed by atoms with Crippen molar-refractivity contribution >= 4 is 21.0 Å². The Labute approximate surface area is 148 Å². The zero-order valence-electron chi connectivity index (χ0n) is 14.7. The molecule has 0 atom stereocenters. The van der Waals surface area contributed by atoms with Gasteiger partial charge in [0.15, 0.2) is 6.20 Å². The molecular weight excluding hydrogens is 338 g/mol. The van der Waals surface area contributed by atoms with Crippen LogP contribution in [-0.2, 0) is 17.2 Å². The number of benzene rings is 2. The van der Waals surface area contributed by atoms with Crippen LogP contribution in [0.5, 0.6) is 5.75 Å². The Morgan fingerprint density at radius 2 is 1.72 bits per heavy atom. The molecule has 0 bridgehead atoms. The first kappa shape index (κ1) is 18.9. The molecule has 0 aliphatic rings. The predicted molar refractivity (Wildman–Crippen MR) is 95.6 cm³/mol. The van der Waals surface area contributed by atoms with E-state index in [1.807, 2.05) is 38.4 Å². The summed E-state index contributed by atoms with van der Waals surface area (Å²) in [6, 6.07) is 14.8. The molecule has 6 heteroatoms. The summed E-state index contributed by atoms with van der Waals surface area (Å²) in [5.41, 5.74) is 2.63. The SMILES string of the molecule is COc1cc[n+](C)c2ccccc12.Cc1ccc(S(=O)(=O)[O-])c(C)c1. The number of pyridine rings is 1. The van der Waals surface area contributed by atoms with E-state index in [1.54, 1.807) is 26.2 Å². The normalized spacial score (nSPS) is 10.9. The summed E-state index contributed by atoms with van der Waals surface area (Å²) in [5.74, 6) is 0.925. The summed E-state index contributed by atoms with van der Waals surface area (Å²) in [6.07, 6.45) is 2.00. The van der Waals surface area contributed by atoms with Crippen LogP contribution in [0.2, 0.25) is 0 Å². The molecule has 0 amide bonds. The Balaban J connectivity index is 0.000000181. The Bertz CT molecular complexity index is 997. The second kappa shape index (κ2) is 7.63. The highest BCUT2D eigenvalue weighted by atomic mass is 32.2. The highest BCUT2D eigenvalue weighted by molar-refractivity contribution is 7.85. The summed E-state index contributed by atoms with van der Waals surface area (Å²) in [7, 11) is -0.575. The molecule has 3 aromatic rings. The van der Waals surface area contributed by atoms with E-state index in [9.17, 15) is 13.0 Å². The molecule has 0 aliphatic heterocycles. The van der Waals surface area contributed by atoms with Gasteiger partial charge in [0.25, 0.3) is 0 Å². The van der Waals surface area contributed by atoms with Gasteiger partial charge in [-0.15, -0.1) is 0 Å². The third-order valence-electron chi connectivity index (χ3n) is 3.82. The van der Waals surface area contributed by atoms with E-state index in [1.165, 1.54) is 11.6 Å². The van der Waals surface area contributed by atoms with Crippen LogP contribution in [0.25, 0.3) is 10.9 Å². The van der Waals surface area contributed by atoms with E-state index in [2.05, 4.69) is 16.7 Å². The van der Waals surface area contributed by atoms with Crippen LogP contribution in [0, 0.1) is 13.8 Å². The Kier molecular flexibility index (Phi) is 5.77. The molecule has 0 saturated carbocycles. The highest BCUT2D eigenvalue weighted by Crippen LogP contribution is 2.21. The zero-order valence-corrected chi connectivity index (χ0v) is 15.5. The third-order valence-corrected chi connectivity index (χ3v) is 4.82. The molecule has 132 valence electrons. The van der Waals surface area contributed by atoms with E-state index >= 15 is 0 Å². The van der Waals surface area contributed by atoms with E-state index in [0.717, 1.165) is 16.7 Å². The molecule has 1 heterocycles. The lowest BCUT2D eigenvalue weighted by molar-refractivity contribution is -0.644. The molecule has 2 aromatic carbocycles. The van der Waals surface area contributed by atoms with Gasteiger partial charge in [-0.05, 0) is 31.5 Å². The van der Waals surface area contributed by atoms with Crippen molar-refractivity contribution in [2.24, 2.45) is 7.05 Å². The number of hydrogen-bond donors (Lipinski definition) is 0. The first-order valence-corrected chi connectivity index (χ1v) is 9.09. The van der Waals surface area contributed by atoms with Gasteiger partial charge < -0.3 is 9.29 Å². The number of fused-ring (bicyclic) bond motifs is 1. The number of rotatable bonds is 2. The summed E-state index contributed by atoms with van der Waals surface area (Å²) < 4.78 is 39.2. The first-order valence-electron chi connectivity index (χ1n) is 7.68. The van der Waals surface area contributed by atoms with Crippen molar-refractivity contribution in [2.75, 3.05) is 7.11 Å². The quantitative estimate of drug-likeness (QED) is 0.521. The van der Waals surface area contributed by atoms with Crippen LogP contribution in [0.3, 0.4) is 0 Å². The standard InChI is InChI=1S/C11H12NO.C8H10O3S/c1-12-8-7-11(13-2)9-5-3-4-6-10(9)12;1-6-3-4-8(7(2)5-6)12(9,10)11/h3-8H,1-2H3;3-5H,1-2H3,(H,9,10,11)/q+1;/p-1. The Morgan fingerprint density at radius 1 is 1.04 bits per heavy atom. The fraction of sp³-hybridized carbons (Fsp3) is 0.211. The van der Waals surface area contributed by atoms with Gasteiger partial charge in [0.1, 0.15) is 22.9 Å². The minimum atomic E-state index is -4.30. The lowest BCUT2D eigenvalue weighted by atomic mass is 10.2. The number of hydrogen-bond acceptors (Lipinski definition) is 4. The summed E-state index contributed by atoms with van der Waals surface area (Å²) >= 11 is 0. The number of nitrogens with zero attached hydrogens (tertiary/aromatic N) is 1. The molecule has 0 unspecified atom stereocenters. The zero-order chi connectivity index (χ0) is 18.6. The lowest BCUT2D eigenvalue weighted by Crippen LogP contribution is -2.27. The number of para-hydroxylation sites is 1. The monoisotopic (exact) mass is 359 g/mol. The van der Waals surface area contributed by atoms with Gasteiger partial charge in [-0.2, -0.15) is 0 Å². The minimum absolute atomic E-state index is 0.131. The summed E-state index contributed by atoms with van der Waals surface area (Å²) in [4.78, 5) is -0.131. The number of methoxy groups -OCH3 is 1. The Hall–Kier alpha value is -2.44. The van der Waals surface area contributed by atoms with Crippen molar-refractivity contribution in [3.05, 3.63) is 65.9 Å². The number of ether oxygens (including phenoxy) is 1. The van der Waals surface area contributed by atoms with Crippen molar-refractivity contribution in [2.45, 2.75) is 18.7 Å². The predicted octanol–water partition coefficient (Wildman–Crippen LogP) is 2.88. The van der Waals surface area contributed by atoms with Gasteiger partial charge in [0.05, 0.1) is 17.4 Å². The number of aryl methyl sites for hydroxylation is 3. The molecule has 0 spiro atoms. The highest BCUT2D eigenvalue weighted by Gasteiger charge is 2.07. The van der Waals surface area contributed by atoms with Gasteiger partial charge in [0, 0.05) is 12.1 Å². The van der Waals surface area contributed by atoms with Crippen molar-refractivity contribution < 1.29 is 22.3 Å². The van der Waals surface area contributed by atoms with Gasteiger partial charge in [-0.1, -0.05) is 29.8 Å². The summed E-state index contributed by atoms with van der Waals surface area (Å²) in [6.45, 7) is 3.45. The van der Waals surface area contributed by atoms with E-state index in [4.69, 9.17) is 4.74 Å². The van der Waals surface area contributed by atoms with Crippen molar-refractivity contribution in [1.82, 2.24) is 0 Å². The number of aromatic nitrogens is 1. The van der Waals surface area contributed by atoms with E-state index < -0.39 is 10.1 Å². The summed E-state index contributed by atoms with van der Waals surface area (Å²) in [5, 5.41) is 1.15. The molecule has 0 aliphatic carbocycles. The first-order chi connectivity index (χ1) is 11.7. The molecule has 0 radical (unpaired) electrons. The topological polar surface area (TPSA) is 70.3 Å². The lowest BCUT2D eigenvalue weighted by Gasteiger charge is -2.10. The molecule has 25 heavy (non-hydrogen) atoms. The van der Waals surface area contributed by atoms with Gasteiger partial charge in [-0.25, -0.2) is 13.0 Å². The molecule has 1 aromatic heterocycles. The molecule has 0 N–H and O–H groups in total. The molecule has 3 rings (SSSR count). The minimum Gasteiger partial charge on any atom is -0.744 e. The average Bonchev–Trinajstić information content (AvgIpc) is 2.55. The van der Waals surface area contributed by atoms with Crippen molar-refractivity contribution in [3.8, 4) is 5.75 Å². The maximum Gasteiger partial charge on any atom is 0.216 e. The fourth-order valence-electron chi connectivity index (χ4n) is 2.60. The second-order valence-electron chi connectivity index (χ2n) is 5.74. The van der Waals surface area contributed by atoms with Crippen LogP contribution in [0.1, 0.15) is 11.1 Å². The molecular formula is C19H21NO4S. The Morgan fingerprint density at radius 3 is 2.32 bits per heavy atom. The fourth-order valence-corrected chi connectivity index (χ4v) is 3.28. The van der Waals surface area contributed by atoms with Crippen LogP contribution in [-0.4, -0.2) is 20.1 Å². The van der Waals surface area contributed by atoms with Crippen LogP contribution < -0.4 is 9.30 Å². The van der Waals surface area contributed by atoms with Crippen molar-refractivity contribution in [1.29, 1.82) is 0 Å². The van der Waals surface area contributed by atoms with Crippen LogP contribution >= 0.6 is 0 Å². The van der Waals surface area contributed by atoms with Crippen molar-refractivity contribution in [3.63, 3.8) is 0 Å². The molecule has 0 fully saturated rings. The van der Waals surface area contributed by atoms with Crippen LogP contribution in [0.4, 0.5) is 0 Å². The molecule has 0 saturated heterocycles. The second-order valence-corrected chi connectivity index (χ2v) is 7.08. The van der Waals surface area contributed by atoms with E-state index in [-0.39, 0.29) is 4.90 Å². The van der Waals surface area contributed by atoms with Gasteiger partial charge in [-0.3, -0.25) is 0 Å². The van der Waals surface area contributed by atoms with Gasteiger partial charge >= 0.3 is 0 Å². The van der Waals surface area contributed by atoms with E-state index in [0.29, 0.717) is 5.56 Å². The molecule has 5 nitrogen and oxygen atoms in total. The smallest absolute Gasteiger partial charge is 0.216 e. The average molecular weight is 359 g/mol. The van der Waals surface area contributed by atoms with Crippen LogP contribution in [0.15, 0.2) is 59.6 Å². The third kappa shape index (κ3) is 4.55. The maximum atomic E-state index is 10.6. The van der Waals surface area contributed by atoms with Gasteiger partial charge in [0.2, 0.25) is 5.52 Å². The largest absolute Gasteiger partial charge is 0.744 e.